The number of carbonyl (C=O) groups excluding carboxylic acids is 1. The number of nitrogens with one attached hydrogen (secondary N) is 2. The van der Waals surface area contributed by atoms with E-state index in [4.69, 9.17) is 4.74 Å². The van der Waals surface area contributed by atoms with Gasteiger partial charge in [0, 0.05) is 16.8 Å². The minimum absolute atomic E-state index is 0.0530. The van der Waals surface area contributed by atoms with Crippen molar-refractivity contribution < 1.29 is 18.3 Å². The highest BCUT2D eigenvalue weighted by molar-refractivity contribution is 7.80. The van der Waals surface area contributed by atoms with Crippen molar-refractivity contribution in [1.29, 1.82) is 5.26 Å². The number of carbonyl (C=O) groups is 1. The minimum atomic E-state index is -1.13. The van der Waals surface area contributed by atoms with Crippen LogP contribution in [0.5, 0.6) is 5.75 Å². The molecule has 36 heavy (non-hydrogen) atoms. The first-order chi connectivity index (χ1) is 17.3. The number of halogens is 2. The second-order valence-corrected chi connectivity index (χ2v) is 8.15. The van der Waals surface area contributed by atoms with Crippen LogP contribution in [0, 0.1) is 23.0 Å². The number of methoxy groups -OCH3 is 1. The fourth-order valence-corrected chi connectivity index (χ4v) is 3.77. The van der Waals surface area contributed by atoms with E-state index in [2.05, 4.69) is 27.9 Å². The maximum absolute atomic E-state index is 13.5. The Morgan fingerprint density at radius 2 is 1.89 bits per heavy atom. The Morgan fingerprint density at radius 1 is 1.11 bits per heavy atom. The standard InChI is InChI=1S/C26H18F2N4O3S/c1-35-18-7-3-4-14(11-18)22-19(13-29)26(34)32-24(31-22)23(36)15-5-2-6-17(10-15)30-25(33)16-8-9-20(27)21(28)12-16/h2-12,23,36H,1H3,(H,30,33)(H,31,32,34). The van der Waals surface area contributed by atoms with Gasteiger partial charge in [0.1, 0.15) is 23.2 Å². The molecule has 0 spiro atoms. The molecule has 4 rings (SSSR count). The molecule has 0 saturated carbocycles. The molecule has 1 amide bonds. The van der Waals surface area contributed by atoms with Crippen LogP contribution in [0.3, 0.4) is 0 Å². The molecule has 0 radical (unpaired) electrons. The molecule has 1 heterocycles. The van der Waals surface area contributed by atoms with Crippen molar-refractivity contribution in [3.05, 3.63) is 111 Å². The molecule has 0 fully saturated rings. The summed E-state index contributed by atoms with van der Waals surface area (Å²) in [6.07, 6.45) is 0. The topological polar surface area (TPSA) is 108 Å². The molecule has 1 aromatic heterocycles. The highest BCUT2D eigenvalue weighted by Crippen LogP contribution is 2.30. The SMILES string of the molecule is COc1cccc(-c2nc(C(S)c3cccc(NC(=O)c4ccc(F)c(F)c4)c3)[nH]c(=O)c2C#N)c1. The molecular formula is C26H18F2N4O3S. The first-order valence-corrected chi connectivity index (χ1v) is 11.1. The van der Waals surface area contributed by atoms with Crippen LogP contribution >= 0.6 is 12.6 Å². The van der Waals surface area contributed by atoms with Crippen LogP contribution in [0.25, 0.3) is 11.3 Å². The van der Waals surface area contributed by atoms with Crippen molar-refractivity contribution in [2.24, 2.45) is 0 Å². The van der Waals surface area contributed by atoms with Crippen LogP contribution < -0.4 is 15.6 Å². The maximum atomic E-state index is 13.5. The first kappa shape index (κ1) is 24.6. The summed E-state index contributed by atoms with van der Waals surface area (Å²) in [6, 6.07) is 18.1. The van der Waals surface area contributed by atoms with E-state index >= 15 is 0 Å². The zero-order valence-electron chi connectivity index (χ0n) is 18.8. The summed E-state index contributed by atoms with van der Waals surface area (Å²) in [7, 11) is 1.50. The van der Waals surface area contributed by atoms with Crippen LogP contribution in [0.4, 0.5) is 14.5 Å². The monoisotopic (exact) mass is 504 g/mol. The molecule has 3 aromatic carbocycles. The summed E-state index contributed by atoms with van der Waals surface area (Å²) >= 11 is 4.61. The molecular weight excluding hydrogens is 486 g/mol. The number of H-pyrrole nitrogens is 1. The second kappa shape index (κ2) is 10.4. The van der Waals surface area contributed by atoms with E-state index in [1.807, 2.05) is 6.07 Å². The molecule has 0 saturated heterocycles. The first-order valence-electron chi connectivity index (χ1n) is 10.5. The summed E-state index contributed by atoms with van der Waals surface area (Å²) in [5.74, 6) is -2.10. The Kier molecular flexibility index (Phi) is 7.12. The molecule has 2 N–H and O–H groups in total. The number of hydrogen-bond donors (Lipinski definition) is 3. The lowest BCUT2D eigenvalue weighted by Gasteiger charge is -2.14. The van der Waals surface area contributed by atoms with Crippen molar-refractivity contribution in [2.45, 2.75) is 5.25 Å². The van der Waals surface area contributed by atoms with Crippen LogP contribution in [0.1, 0.15) is 32.6 Å². The minimum Gasteiger partial charge on any atom is -0.497 e. The predicted molar refractivity (Wildman–Crippen MR) is 133 cm³/mol. The summed E-state index contributed by atoms with van der Waals surface area (Å²) in [6.45, 7) is 0. The summed E-state index contributed by atoms with van der Waals surface area (Å²) in [4.78, 5) is 32.3. The van der Waals surface area contributed by atoms with Gasteiger partial charge in [0.2, 0.25) is 0 Å². The largest absolute Gasteiger partial charge is 0.497 e. The lowest BCUT2D eigenvalue weighted by molar-refractivity contribution is 0.102. The molecule has 1 unspecified atom stereocenters. The van der Waals surface area contributed by atoms with Crippen LogP contribution in [0.2, 0.25) is 0 Å². The zero-order valence-corrected chi connectivity index (χ0v) is 19.6. The molecule has 7 nitrogen and oxygen atoms in total. The molecule has 10 heteroatoms. The number of aromatic amines is 1. The number of aromatic nitrogens is 2. The van der Waals surface area contributed by atoms with E-state index in [1.165, 1.54) is 13.2 Å². The average molecular weight is 505 g/mol. The van der Waals surface area contributed by atoms with E-state index in [0.29, 0.717) is 22.6 Å². The second-order valence-electron chi connectivity index (χ2n) is 7.63. The van der Waals surface area contributed by atoms with Gasteiger partial charge in [-0.3, -0.25) is 9.59 Å². The third kappa shape index (κ3) is 5.11. The summed E-state index contributed by atoms with van der Waals surface area (Å²) in [5.41, 5.74) is 0.810. The Labute approximate surface area is 209 Å². The molecule has 0 aliphatic carbocycles. The van der Waals surface area contributed by atoms with Crippen molar-refractivity contribution in [3.8, 4) is 23.1 Å². The number of amides is 1. The number of anilines is 1. The Morgan fingerprint density at radius 3 is 2.61 bits per heavy atom. The van der Waals surface area contributed by atoms with Crippen molar-refractivity contribution in [1.82, 2.24) is 9.97 Å². The van der Waals surface area contributed by atoms with Gasteiger partial charge in [-0.1, -0.05) is 24.3 Å². The summed E-state index contributed by atoms with van der Waals surface area (Å²) in [5, 5.41) is 11.4. The number of thiol groups is 1. The smallest absolute Gasteiger partial charge is 0.269 e. The van der Waals surface area contributed by atoms with Gasteiger partial charge >= 0.3 is 0 Å². The lowest BCUT2D eigenvalue weighted by atomic mass is 10.1. The molecule has 4 aromatic rings. The van der Waals surface area contributed by atoms with Gasteiger partial charge in [-0.15, -0.1) is 0 Å². The molecule has 0 aliphatic heterocycles. The van der Waals surface area contributed by atoms with Gasteiger partial charge in [0.25, 0.3) is 11.5 Å². The summed E-state index contributed by atoms with van der Waals surface area (Å²) < 4.78 is 31.9. The maximum Gasteiger partial charge on any atom is 0.269 e. The highest BCUT2D eigenvalue weighted by Gasteiger charge is 2.19. The fraction of sp³-hybridized carbons (Fsp3) is 0.0769. The van der Waals surface area contributed by atoms with E-state index in [-0.39, 0.29) is 22.6 Å². The van der Waals surface area contributed by atoms with Gasteiger partial charge in [0.15, 0.2) is 11.6 Å². The van der Waals surface area contributed by atoms with Crippen molar-refractivity contribution in [2.75, 3.05) is 12.4 Å². The van der Waals surface area contributed by atoms with Gasteiger partial charge in [-0.05, 0) is 48.0 Å². The number of hydrogen-bond acceptors (Lipinski definition) is 6. The third-order valence-electron chi connectivity index (χ3n) is 5.29. The Hall–Kier alpha value is -4.49. The molecule has 1 atom stereocenters. The fourth-order valence-electron chi connectivity index (χ4n) is 3.49. The van der Waals surface area contributed by atoms with E-state index in [9.17, 15) is 23.6 Å². The van der Waals surface area contributed by atoms with E-state index in [0.717, 1.165) is 12.1 Å². The van der Waals surface area contributed by atoms with Crippen molar-refractivity contribution in [3.63, 3.8) is 0 Å². The Balaban J connectivity index is 1.66. The average Bonchev–Trinajstić information content (AvgIpc) is 2.89. The van der Waals surface area contributed by atoms with Crippen LogP contribution in [-0.4, -0.2) is 23.0 Å². The number of nitrogens with zero attached hydrogens (tertiary/aromatic N) is 2. The Bertz CT molecular complexity index is 1570. The van der Waals surface area contributed by atoms with E-state index in [1.54, 1.807) is 48.5 Å². The normalized spacial score (nSPS) is 11.4. The quantitative estimate of drug-likeness (QED) is 0.325. The number of ether oxygens (including phenoxy) is 1. The molecule has 180 valence electrons. The lowest BCUT2D eigenvalue weighted by Crippen LogP contribution is -2.18. The zero-order chi connectivity index (χ0) is 25.8. The third-order valence-corrected chi connectivity index (χ3v) is 5.84. The van der Waals surface area contributed by atoms with Gasteiger partial charge < -0.3 is 15.0 Å². The number of rotatable bonds is 6. The number of nitriles is 1. The van der Waals surface area contributed by atoms with Gasteiger partial charge in [0.05, 0.1) is 18.1 Å². The van der Waals surface area contributed by atoms with E-state index < -0.39 is 28.4 Å². The van der Waals surface area contributed by atoms with Crippen LogP contribution in [-0.2, 0) is 0 Å². The van der Waals surface area contributed by atoms with Gasteiger partial charge in [-0.25, -0.2) is 13.8 Å². The number of benzene rings is 3. The van der Waals surface area contributed by atoms with Crippen molar-refractivity contribution >= 4 is 24.2 Å². The van der Waals surface area contributed by atoms with Gasteiger partial charge in [-0.2, -0.15) is 17.9 Å². The highest BCUT2D eigenvalue weighted by atomic mass is 32.1. The van der Waals surface area contributed by atoms with Crippen LogP contribution in [0.15, 0.2) is 71.5 Å². The molecule has 0 bridgehead atoms. The predicted octanol–water partition coefficient (Wildman–Crippen LogP) is 4.87. The molecule has 0 aliphatic rings.